The summed E-state index contributed by atoms with van der Waals surface area (Å²) < 4.78 is 18.7. The smallest absolute Gasteiger partial charge is 0.342 e. The van der Waals surface area contributed by atoms with E-state index in [2.05, 4.69) is 6.92 Å². The molecular formula is C25H32O7. The topological polar surface area (TPSA) is 105 Å². The molecule has 0 unspecified atom stereocenters. The molecule has 0 aromatic heterocycles. The highest BCUT2D eigenvalue weighted by Crippen LogP contribution is 2.76. The fourth-order valence-corrected chi connectivity index (χ4v) is 8.06. The Bertz CT molecular complexity index is 1080. The van der Waals surface area contributed by atoms with Crippen LogP contribution in [0.25, 0.3) is 0 Å². The Morgan fingerprint density at radius 3 is 2.47 bits per heavy atom. The molecule has 1 aromatic rings. The van der Waals surface area contributed by atoms with Gasteiger partial charge in [-0.25, -0.2) is 4.79 Å². The number of phenols is 1. The molecule has 0 amide bonds. The minimum absolute atomic E-state index is 0.139. The van der Waals surface area contributed by atoms with E-state index in [1.165, 1.54) is 6.07 Å². The summed E-state index contributed by atoms with van der Waals surface area (Å²) in [4.78, 5) is 12.6. The lowest BCUT2D eigenvalue weighted by atomic mass is 9.36. The molecule has 3 N–H and O–H groups in total. The van der Waals surface area contributed by atoms with Crippen LogP contribution < -0.4 is 4.74 Å². The highest BCUT2D eigenvalue weighted by atomic mass is 16.7. The Hall–Kier alpha value is -1.83. The third-order valence-electron chi connectivity index (χ3n) is 10.2. The van der Waals surface area contributed by atoms with Gasteiger partial charge in [0.2, 0.25) is 0 Å². The van der Waals surface area contributed by atoms with Crippen molar-refractivity contribution in [1.82, 2.24) is 0 Å². The molecule has 7 nitrogen and oxygen atoms in total. The normalized spacial score (nSPS) is 47.6. The van der Waals surface area contributed by atoms with Gasteiger partial charge in [-0.15, -0.1) is 0 Å². The molecule has 4 fully saturated rings. The van der Waals surface area contributed by atoms with Crippen molar-refractivity contribution in [2.24, 2.45) is 10.8 Å². The van der Waals surface area contributed by atoms with Crippen LogP contribution in [0.5, 0.6) is 11.5 Å². The number of benzene rings is 1. The van der Waals surface area contributed by atoms with E-state index in [0.29, 0.717) is 49.8 Å². The number of hydrogen-bond acceptors (Lipinski definition) is 7. The van der Waals surface area contributed by atoms with E-state index in [4.69, 9.17) is 14.2 Å². The molecule has 7 heteroatoms. The Kier molecular flexibility index (Phi) is 3.53. The zero-order valence-corrected chi connectivity index (χ0v) is 19.4. The third-order valence-corrected chi connectivity index (χ3v) is 10.2. The number of fused-ring (bicyclic) bond motifs is 4. The van der Waals surface area contributed by atoms with E-state index in [0.717, 1.165) is 5.56 Å². The van der Waals surface area contributed by atoms with Crippen molar-refractivity contribution < 1.29 is 34.3 Å². The van der Waals surface area contributed by atoms with Gasteiger partial charge in [-0.05, 0) is 38.7 Å². The van der Waals surface area contributed by atoms with E-state index in [9.17, 15) is 20.1 Å². The number of ether oxygens (including phenoxy) is 3. The van der Waals surface area contributed by atoms with Crippen molar-refractivity contribution in [3.05, 3.63) is 22.8 Å². The zero-order valence-electron chi connectivity index (χ0n) is 19.4. The van der Waals surface area contributed by atoms with Crippen molar-refractivity contribution in [1.29, 1.82) is 0 Å². The minimum atomic E-state index is -1.49. The SMILES string of the molecule is C[C@@H]1Cc2c3c(cc(O)c2C(=O)O1)O[C@]1(C)CC[C@]2(O)C(C)(C)[C@]4(O)CC[C@]2(C)[C@]1(C3)O4. The molecule has 1 aromatic carbocycles. The standard InChI is InChI=1S/C25H32O7/c1-13-10-14-15-12-24-21(4)6-9-25(29,32-24)20(2,3)23(21,28)8-7-22(24,5)31-17(15)11-16(26)18(14)19(27)30-13/h11,13,26,28-29H,6-10,12H2,1-5H3/t13-,21+,22-,23+,24+,25+/m1/s1. The van der Waals surface area contributed by atoms with Crippen LogP contribution in [0.3, 0.4) is 0 Å². The second kappa shape index (κ2) is 5.45. The quantitative estimate of drug-likeness (QED) is 0.528. The van der Waals surface area contributed by atoms with Crippen LogP contribution in [0, 0.1) is 10.8 Å². The minimum Gasteiger partial charge on any atom is -0.507 e. The maximum Gasteiger partial charge on any atom is 0.342 e. The number of phenolic OH excluding ortho intramolecular Hbond substituents is 1. The molecule has 4 heterocycles. The highest BCUT2D eigenvalue weighted by Gasteiger charge is 2.85. The van der Waals surface area contributed by atoms with Crippen molar-refractivity contribution in [3.63, 3.8) is 0 Å². The first-order chi connectivity index (χ1) is 14.7. The Balaban J connectivity index is 1.61. The molecule has 1 spiro atoms. The maximum atomic E-state index is 12.6. The summed E-state index contributed by atoms with van der Waals surface area (Å²) in [5.74, 6) is -1.63. The largest absolute Gasteiger partial charge is 0.507 e. The molecule has 7 rings (SSSR count). The first-order valence-electron chi connectivity index (χ1n) is 11.7. The van der Waals surface area contributed by atoms with E-state index in [-0.39, 0.29) is 17.4 Å². The maximum absolute atomic E-state index is 12.6. The van der Waals surface area contributed by atoms with Crippen LogP contribution in [-0.2, 0) is 22.3 Å². The van der Waals surface area contributed by atoms with Gasteiger partial charge in [0.05, 0.1) is 5.60 Å². The van der Waals surface area contributed by atoms with Crippen LogP contribution in [0.2, 0.25) is 0 Å². The monoisotopic (exact) mass is 444 g/mol. The van der Waals surface area contributed by atoms with Gasteiger partial charge in [0.1, 0.15) is 34.4 Å². The van der Waals surface area contributed by atoms with Gasteiger partial charge in [-0.2, -0.15) is 0 Å². The van der Waals surface area contributed by atoms with Crippen molar-refractivity contribution in [2.75, 3.05) is 0 Å². The Labute approximate surface area is 187 Å². The van der Waals surface area contributed by atoms with Crippen LogP contribution in [0.4, 0.5) is 0 Å². The lowest BCUT2D eigenvalue weighted by Gasteiger charge is -2.79. The van der Waals surface area contributed by atoms with E-state index in [1.807, 2.05) is 27.7 Å². The number of cyclic esters (lactones) is 1. The number of esters is 1. The molecule has 6 aliphatic rings. The summed E-state index contributed by atoms with van der Waals surface area (Å²) in [6.45, 7) is 9.69. The van der Waals surface area contributed by atoms with E-state index in [1.54, 1.807) is 0 Å². The Morgan fingerprint density at radius 1 is 1.03 bits per heavy atom. The van der Waals surface area contributed by atoms with Crippen LogP contribution in [0.1, 0.15) is 81.8 Å². The third kappa shape index (κ3) is 1.88. The molecule has 174 valence electrons. The van der Waals surface area contributed by atoms with Gasteiger partial charge in [-0.3, -0.25) is 0 Å². The van der Waals surface area contributed by atoms with Gasteiger partial charge in [0.25, 0.3) is 0 Å². The predicted octanol–water partition coefficient (Wildman–Crippen LogP) is 3.00. The number of hydrogen-bond donors (Lipinski definition) is 3. The number of carbonyl (C=O) groups is 1. The number of carbonyl (C=O) groups excluding carboxylic acids is 1. The van der Waals surface area contributed by atoms with Crippen LogP contribution in [0.15, 0.2) is 6.07 Å². The van der Waals surface area contributed by atoms with Crippen LogP contribution in [-0.4, -0.2) is 50.0 Å². The predicted molar refractivity (Wildman–Crippen MR) is 113 cm³/mol. The van der Waals surface area contributed by atoms with E-state index < -0.39 is 39.4 Å². The second-order valence-corrected chi connectivity index (χ2v) is 11.7. The van der Waals surface area contributed by atoms with Crippen molar-refractivity contribution in [3.8, 4) is 11.5 Å². The molecule has 2 aliphatic carbocycles. The molecule has 0 radical (unpaired) electrons. The van der Waals surface area contributed by atoms with Crippen molar-refractivity contribution >= 4 is 5.97 Å². The first kappa shape index (κ1) is 20.8. The van der Waals surface area contributed by atoms with Crippen molar-refractivity contribution in [2.45, 2.75) is 102 Å². The number of aromatic hydroxyl groups is 1. The summed E-state index contributed by atoms with van der Waals surface area (Å²) in [6, 6.07) is 1.51. The number of aliphatic hydroxyl groups is 2. The lowest BCUT2D eigenvalue weighted by molar-refractivity contribution is -0.498. The molecular weight excluding hydrogens is 412 g/mol. The summed E-state index contributed by atoms with van der Waals surface area (Å²) in [5.41, 5.74) is -2.77. The molecule has 2 saturated heterocycles. The van der Waals surface area contributed by atoms with Gasteiger partial charge < -0.3 is 29.5 Å². The Morgan fingerprint density at radius 2 is 1.75 bits per heavy atom. The van der Waals surface area contributed by atoms with Gasteiger partial charge >= 0.3 is 5.97 Å². The fourth-order valence-electron chi connectivity index (χ4n) is 8.06. The molecule has 4 aliphatic heterocycles. The van der Waals surface area contributed by atoms with E-state index >= 15 is 0 Å². The highest BCUT2D eigenvalue weighted by molar-refractivity contribution is 5.96. The molecule has 2 saturated carbocycles. The summed E-state index contributed by atoms with van der Waals surface area (Å²) in [7, 11) is 0. The summed E-state index contributed by atoms with van der Waals surface area (Å²) in [5, 5.41) is 34.6. The van der Waals surface area contributed by atoms with Crippen LogP contribution >= 0.6 is 0 Å². The average Bonchev–Trinajstić information content (AvgIpc) is 2.68. The van der Waals surface area contributed by atoms with Gasteiger partial charge in [0.15, 0.2) is 5.79 Å². The molecule has 6 atom stereocenters. The molecule has 32 heavy (non-hydrogen) atoms. The summed E-state index contributed by atoms with van der Waals surface area (Å²) in [6.07, 6.45) is 2.61. The average molecular weight is 445 g/mol. The lowest BCUT2D eigenvalue weighted by Crippen LogP contribution is -2.89. The van der Waals surface area contributed by atoms with Gasteiger partial charge in [-0.1, -0.05) is 20.8 Å². The molecule has 4 bridgehead atoms. The first-order valence-corrected chi connectivity index (χ1v) is 11.7. The number of rotatable bonds is 0. The second-order valence-electron chi connectivity index (χ2n) is 11.7. The zero-order chi connectivity index (χ0) is 23.1. The fraction of sp³-hybridized carbons (Fsp3) is 0.720. The van der Waals surface area contributed by atoms with Gasteiger partial charge in [0, 0.05) is 41.7 Å². The summed E-state index contributed by atoms with van der Waals surface area (Å²) >= 11 is 0.